The first-order valence-electron chi connectivity index (χ1n) is 10.8. The van der Waals surface area contributed by atoms with Crippen LogP contribution in [0.1, 0.15) is 61.7 Å². The fraction of sp³-hybridized carbons (Fsp3) is 0.722. The van der Waals surface area contributed by atoms with E-state index in [4.69, 9.17) is 10.5 Å². The molecule has 2 saturated carbocycles. The minimum absolute atomic E-state index is 0.0737. The van der Waals surface area contributed by atoms with Crippen LogP contribution in [0.5, 0.6) is 0 Å². The predicted molar refractivity (Wildman–Crippen MR) is 122 cm³/mol. The van der Waals surface area contributed by atoms with E-state index in [1.807, 2.05) is 0 Å². The molecule has 0 aliphatic heterocycles. The van der Waals surface area contributed by atoms with Crippen LogP contribution in [-0.4, -0.2) is 74.1 Å². The zero-order valence-corrected chi connectivity index (χ0v) is 17.8. The number of nitrogens with zero attached hydrogens (tertiary/aromatic N) is 2. The number of hydrogen-bond donors (Lipinski definition) is 4. The average molecular weight is 399 g/mol. The zero-order valence-electron chi connectivity index (χ0n) is 17.8. The van der Waals surface area contributed by atoms with Gasteiger partial charge in [-0.3, -0.25) is 4.79 Å². The van der Waals surface area contributed by atoms with E-state index in [1.54, 1.807) is 0 Å². The summed E-state index contributed by atoms with van der Waals surface area (Å²) < 4.78 is 6.09. The molecule has 2 fully saturated rings. The van der Waals surface area contributed by atoms with E-state index in [1.165, 1.54) is 6.20 Å². The third-order valence-corrected chi connectivity index (χ3v) is 5.57. The highest BCUT2D eigenvalue weighted by molar-refractivity contribution is 6.58. The number of amides is 1. The minimum atomic E-state index is -0.560. The number of nitrogens with one attached hydrogen (secondary N) is 2. The van der Waals surface area contributed by atoms with Gasteiger partial charge in [-0.25, -0.2) is 4.98 Å². The first-order valence-corrected chi connectivity index (χ1v) is 10.8. The number of aliphatic hydroxyl groups excluding tert-OH is 1. The number of rotatable bonds is 7. The van der Waals surface area contributed by atoms with Crippen LogP contribution in [-0.2, 0) is 4.74 Å². The summed E-state index contributed by atoms with van der Waals surface area (Å²) in [6, 6.07) is 0.350. The van der Waals surface area contributed by atoms with Gasteiger partial charge in [0, 0.05) is 18.3 Å². The molecule has 2 atom stereocenters. The van der Waals surface area contributed by atoms with Gasteiger partial charge in [-0.15, -0.1) is 0 Å². The maximum Gasteiger partial charge on any atom is 0.254 e. The second kappa shape index (κ2) is 9.39. The molecule has 0 bridgehead atoms. The summed E-state index contributed by atoms with van der Waals surface area (Å²) in [5.74, 6) is 0.378. The Kier molecular flexibility index (Phi) is 7.11. The Bertz CT molecular complexity index is 710. The van der Waals surface area contributed by atoms with E-state index in [2.05, 4.69) is 44.1 Å². The van der Waals surface area contributed by atoms with Crippen molar-refractivity contribution >= 4 is 41.2 Å². The number of primary amides is 1. The van der Waals surface area contributed by atoms with E-state index in [0.29, 0.717) is 24.3 Å². The van der Waals surface area contributed by atoms with Gasteiger partial charge in [0.15, 0.2) is 0 Å². The molecule has 3 rings (SSSR count). The van der Waals surface area contributed by atoms with Crippen LogP contribution in [0.25, 0.3) is 0 Å². The average Bonchev–Trinajstić information content (AvgIpc) is 2.62. The fourth-order valence-corrected chi connectivity index (χ4v) is 4.24. The lowest BCUT2D eigenvalue weighted by Crippen LogP contribution is -2.41. The molecule has 0 aromatic carbocycles. The Hall–Kier alpha value is -1.74. The quantitative estimate of drug-likeness (QED) is 0.414. The number of hydrogen-bond acceptors (Lipinski definition) is 7. The maximum absolute atomic E-state index is 11.8. The van der Waals surface area contributed by atoms with Gasteiger partial charge in [0.1, 0.15) is 29.4 Å². The van der Waals surface area contributed by atoms with Crippen molar-refractivity contribution in [2.75, 3.05) is 10.6 Å². The highest BCUT2D eigenvalue weighted by atomic mass is 16.5. The maximum atomic E-state index is 11.8. The highest BCUT2D eigenvalue weighted by Gasteiger charge is 2.27. The van der Waals surface area contributed by atoms with Crippen molar-refractivity contribution in [3.8, 4) is 0 Å². The third kappa shape index (κ3) is 6.64. The Morgan fingerprint density at radius 3 is 2.48 bits per heavy atom. The van der Waals surface area contributed by atoms with Crippen LogP contribution in [0.15, 0.2) is 6.20 Å². The zero-order chi connectivity index (χ0) is 21.0. The van der Waals surface area contributed by atoms with Gasteiger partial charge in [-0.2, -0.15) is 4.98 Å². The van der Waals surface area contributed by atoms with Crippen LogP contribution in [0.2, 0.25) is 0 Å². The van der Waals surface area contributed by atoms with Gasteiger partial charge in [0.2, 0.25) is 5.95 Å². The second-order valence-electron chi connectivity index (χ2n) is 9.33. The van der Waals surface area contributed by atoms with Crippen LogP contribution in [0, 0.1) is 0 Å². The standard InChI is InChI=1S/C18H32B3N5O3/c19-18(20,21)29-13-6-4-10(5-7-13)25-17-23-9-14(15(22)28)16(26-17)24-11-2-1-3-12(27)8-11/h9-13,27H,1-8,19-21H2,(H2,22,28)(H2,23,24,25,26)/t10-,11-,12+,13-/m1/s1. The number of carbonyl (C=O) groups excluding carboxylic acids is 1. The Labute approximate surface area is 175 Å². The molecule has 8 nitrogen and oxygen atoms in total. The van der Waals surface area contributed by atoms with E-state index in [-0.39, 0.29) is 29.1 Å². The van der Waals surface area contributed by atoms with Crippen molar-refractivity contribution in [3.63, 3.8) is 0 Å². The molecule has 2 aliphatic carbocycles. The highest BCUT2D eigenvalue weighted by Crippen LogP contribution is 2.26. The number of aromatic nitrogens is 2. The third-order valence-electron chi connectivity index (χ3n) is 5.57. The molecule has 156 valence electrons. The van der Waals surface area contributed by atoms with Gasteiger partial charge in [0.05, 0.1) is 17.8 Å². The molecule has 1 aromatic heterocycles. The van der Waals surface area contributed by atoms with Crippen molar-refractivity contribution < 1.29 is 14.6 Å². The number of aliphatic hydroxyl groups is 1. The molecule has 0 unspecified atom stereocenters. The summed E-state index contributed by atoms with van der Waals surface area (Å²) >= 11 is 0. The molecule has 11 heteroatoms. The summed E-state index contributed by atoms with van der Waals surface area (Å²) in [4.78, 5) is 20.6. The molecule has 5 N–H and O–H groups in total. The topological polar surface area (TPSA) is 122 Å². The first-order chi connectivity index (χ1) is 13.7. The monoisotopic (exact) mass is 399 g/mol. The molecular weight excluding hydrogens is 367 g/mol. The van der Waals surface area contributed by atoms with E-state index >= 15 is 0 Å². The van der Waals surface area contributed by atoms with Gasteiger partial charge in [-0.05, 0) is 56.7 Å². The van der Waals surface area contributed by atoms with Crippen LogP contribution in [0.3, 0.4) is 0 Å². The van der Waals surface area contributed by atoms with E-state index in [9.17, 15) is 9.90 Å². The van der Waals surface area contributed by atoms with Crippen molar-refractivity contribution in [3.05, 3.63) is 11.8 Å². The number of anilines is 2. The van der Waals surface area contributed by atoms with Crippen LogP contribution in [0.4, 0.5) is 11.8 Å². The molecular formula is C18H32B3N5O3. The predicted octanol–water partition coefficient (Wildman–Crippen LogP) is -1.46. The molecule has 1 heterocycles. The fourth-order valence-electron chi connectivity index (χ4n) is 4.24. The normalized spacial score (nSPS) is 27.9. The molecule has 1 amide bonds. The van der Waals surface area contributed by atoms with Crippen molar-refractivity contribution in [2.45, 2.75) is 81.0 Å². The minimum Gasteiger partial charge on any atom is -0.398 e. The summed E-state index contributed by atoms with van der Waals surface area (Å²) in [6.45, 7) is 0. The lowest BCUT2D eigenvalue weighted by molar-refractivity contribution is 0.0202. The van der Waals surface area contributed by atoms with Gasteiger partial charge >= 0.3 is 0 Å². The number of carbonyl (C=O) groups is 1. The first kappa shape index (κ1) is 22.0. The van der Waals surface area contributed by atoms with E-state index in [0.717, 1.165) is 44.9 Å². The lowest BCUT2D eigenvalue weighted by Gasteiger charge is -2.34. The molecule has 2 aliphatic rings. The van der Waals surface area contributed by atoms with Crippen molar-refractivity contribution in [1.29, 1.82) is 0 Å². The van der Waals surface area contributed by atoms with Gasteiger partial charge in [-0.1, -0.05) is 0 Å². The largest absolute Gasteiger partial charge is 0.398 e. The number of ether oxygens (including phenoxy) is 1. The molecule has 0 radical (unpaired) electrons. The summed E-state index contributed by atoms with van der Waals surface area (Å²) in [7, 11) is 6.27. The lowest BCUT2D eigenvalue weighted by atomic mass is 9.52. The van der Waals surface area contributed by atoms with Crippen molar-refractivity contribution in [1.82, 2.24) is 9.97 Å². The Morgan fingerprint density at radius 1 is 1.14 bits per heavy atom. The summed E-state index contributed by atoms with van der Waals surface area (Å²) in [5, 5.41) is 16.5. The van der Waals surface area contributed by atoms with Gasteiger partial charge < -0.3 is 26.2 Å². The Morgan fingerprint density at radius 2 is 1.86 bits per heavy atom. The number of nitrogens with two attached hydrogens (primary N) is 1. The van der Waals surface area contributed by atoms with Gasteiger partial charge in [0.25, 0.3) is 5.91 Å². The molecule has 1 aromatic rings. The second-order valence-corrected chi connectivity index (χ2v) is 9.33. The van der Waals surface area contributed by atoms with Crippen LogP contribution < -0.4 is 16.4 Å². The SMILES string of the molecule is BC(B)(B)O[C@H]1CC[C@H](Nc2ncc(C(N)=O)c(N[C@@H]3CCC[C@H](O)C3)n2)CC1. The Balaban J connectivity index is 1.62. The van der Waals surface area contributed by atoms with E-state index < -0.39 is 5.91 Å². The summed E-state index contributed by atoms with van der Waals surface area (Å²) in [5.41, 5.74) is 5.78. The van der Waals surface area contributed by atoms with Crippen LogP contribution >= 0.6 is 0 Å². The smallest absolute Gasteiger partial charge is 0.254 e. The molecule has 29 heavy (non-hydrogen) atoms. The molecule has 0 saturated heterocycles. The molecule has 0 spiro atoms. The van der Waals surface area contributed by atoms with Crippen molar-refractivity contribution in [2.24, 2.45) is 5.73 Å². The summed E-state index contributed by atoms with van der Waals surface area (Å²) in [6.07, 6.45) is 8.76.